The molecule has 1 N–H and O–H groups in total. The molecule has 1 fully saturated rings. The number of aliphatic carboxylic acids is 1. The summed E-state index contributed by atoms with van der Waals surface area (Å²) in [6.07, 6.45) is 3.01. The maximum atomic E-state index is 12.0. The first-order chi connectivity index (χ1) is 9.00. The second kappa shape index (κ2) is 4.29. The minimum atomic E-state index is -3.21. The standard InChI is InChI=1S/C11H15N3O4S/c15-11(16)7-3-1-5-9-12-13-10(14(7)9)8-4-2-6-19(8,17)18/h7-8H,1-6H2,(H,15,16). The molecule has 1 saturated heterocycles. The number of carboxylic acid groups (broad SMARTS) is 1. The molecule has 19 heavy (non-hydrogen) atoms. The molecule has 0 bridgehead atoms. The van der Waals surface area contributed by atoms with Crippen LogP contribution in [0.3, 0.4) is 0 Å². The van der Waals surface area contributed by atoms with Crippen LogP contribution in [0, 0.1) is 0 Å². The van der Waals surface area contributed by atoms with Crippen molar-refractivity contribution in [2.45, 2.75) is 43.4 Å². The van der Waals surface area contributed by atoms with E-state index in [4.69, 9.17) is 0 Å². The zero-order valence-corrected chi connectivity index (χ0v) is 11.1. The van der Waals surface area contributed by atoms with Crippen LogP contribution in [0.2, 0.25) is 0 Å². The molecule has 0 saturated carbocycles. The predicted octanol–water partition coefficient (Wildman–Crippen LogP) is 0.490. The van der Waals surface area contributed by atoms with E-state index in [0.29, 0.717) is 37.3 Å². The van der Waals surface area contributed by atoms with E-state index in [1.165, 1.54) is 0 Å². The highest BCUT2D eigenvalue weighted by atomic mass is 32.2. The predicted molar refractivity (Wildman–Crippen MR) is 65.4 cm³/mol. The van der Waals surface area contributed by atoms with Crippen LogP contribution in [-0.4, -0.2) is 40.0 Å². The fourth-order valence-electron chi connectivity index (χ4n) is 2.97. The largest absolute Gasteiger partial charge is 0.480 e. The lowest BCUT2D eigenvalue weighted by Gasteiger charge is -2.23. The summed E-state index contributed by atoms with van der Waals surface area (Å²) in [6, 6.07) is -0.732. The Morgan fingerprint density at radius 1 is 1.26 bits per heavy atom. The smallest absolute Gasteiger partial charge is 0.326 e. The number of aryl methyl sites for hydroxylation is 1. The van der Waals surface area contributed by atoms with Gasteiger partial charge in [0.15, 0.2) is 15.7 Å². The summed E-state index contributed by atoms with van der Waals surface area (Å²) in [5, 5.41) is 16.6. The zero-order chi connectivity index (χ0) is 13.6. The summed E-state index contributed by atoms with van der Waals surface area (Å²) < 4.78 is 25.5. The molecule has 1 aromatic heterocycles. The Balaban J connectivity index is 2.09. The average molecular weight is 285 g/mol. The van der Waals surface area contributed by atoms with E-state index >= 15 is 0 Å². The molecule has 2 unspecified atom stereocenters. The molecule has 3 heterocycles. The van der Waals surface area contributed by atoms with Gasteiger partial charge < -0.3 is 5.11 Å². The normalized spacial score (nSPS) is 29.1. The van der Waals surface area contributed by atoms with Gasteiger partial charge in [0.1, 0.15) is 17.1 Å². The molecule has 2 aliphatic rings. The Labute approximate surface area is 110 Å². The summed E-state index contributed by atoms with van der Waals surface area (Å²) in [4.78, 5) is 11.3. The molecule has 0 spiro atoms. The van der Waals surface area contributed by atoms with Crippen LogP contribution < -0.4 is 0 Å². The number of sulfone groups is 1. The third-order valence-electron chi connectivity index (χ3n) is 3.88. The summed E-state index contributed by atoms with van der Waals surface area (Å²) in [5.74, 6) is 0.116. The number of fused-ring (bicyclic) bond motifs is 1. The topological polar surface area (TPSA) is 102 Å². The van der Waals surface area contributed by atoms with Gasteiger partial charge in [-0.3, -0.25) is 4.57 Å². The van der Waals surface area contributed by atoms with Crippen LogP contribution in [-0.2, 0) is 21.1 Å². The third-order valence-corrected chi connectivity index (χ3v) is 6.06. The number of nitrogens with zero attached hydrogens (tertiary/aromatic N) is 3. The number of carboxylic acids is 1. The highest BCUT2D eigenvalue weighted by Crippen LogP contribution is 2.37. The monoisotopic (exact) mass is 285 g/mol. The van der Waals surface area contributed by atoms with Gasteiger partial charge in [0, 0.05) is 6.42 Å². The first kappa shape index (κ1) is 12.6. The van der Waals surface area contributed by atoms with Gasteiger partial charge in [0.05, 0.1) is 5.75 Å². The molecule has 0 radical (unpaired) electrons. The van der Waals surface area contributed by atoms with Crippen LogP contribution in [0.5, 0.6) is 0 Å². The summed E-state index contributed by atoms with van der Waals surface area (Å²) >= 11 is 0. The second-order valence-corrected chi connectivity index (χ2v) is 7.39. The fourth-order valence-corrected chi connectivity index (χ4v) is 4.83. The van der Waals surface area contributed by atoms with Crippen molar-refractivity contribution >= 4 is 15.8 Å². The molecule has 3 rings (SSSR count). The molecule has 104 valence electrons. The van der Waals surface area contributed by atoms with E-state index in [2.05, 4.69) is 10.2 Å². The first-order valence-corrected chi connectivity index (χ1v) is 8.10. The Morgan fingerprint density at radius 3 is 2.68 bits per heavy atom. The van der Waals surface area contributed by atoms with Gasteiger partial charge in [-0.05, 0) is 25.7 Å². The SMILES string of the molecule is O=C(O)C1CCCc2nnc(C3CCCS3(=O)=O)n21. The Hall–Kier alpha value is -1.44. The molecular formula is C11H15N3O4S. The highest BCUT2D eigenvalue weighted by Gasteiger charge is 2.40. The molecule has 0 aromatic carbocycles. The van der Waals surface area contributed by atoms with Crippen LogP contribution >= 0.6 is 0 Å². The van der Waals surface area contributed by atoms with Crippen molar-refractivity contribution in [3.8, 4) is 0 Å². The van der Waals surface area contributed by atoms with Gasteiger partial charge in [-0.15, -0.1) is 10.2 Å². The van der Waals surface area contributed by atoms with Gasteiger partial charge >= 0.3 is 5.97 Å². The number of rotatable bonds is 2. The minimum absolute atomic E-state index is 0.150. The minimum Gasteiger partial charge on any atom is -0.480 e. The highest BCUT2D eigenvalue weighted by molar-refractivity contribution is 7.91. The van der Waals surface area contributed by atoms with Gasteiger partial charge in [-0.25, -0.2) is 13.2 Å². The van der Waals surface area contributed by atoms with Gasteiger partial charge in [0.25, 0.3) is 0 Å². The van der Waals surface area contributed by atoms with Crippen LogP contribution in [0.25, 0.3) is 0 Å². The summed E-state index contributed by atoms with van der Waals surface area (Å²) in [6.45, 7) is 0. The van der Waals surface area contributed by atoms with Gasteiger partial charge in [-0.2, -0.15) is 0 Å². The Morgan fingerprint density at radius 2 is 2.05 bits per heavy atom. The van der Waals surface area contributed by atoms with E-state index in [0.717, 1.165) is 6.42 Å². The van der Waals surface area contributed by atoms with Crippen molar-refractivity contribution in [2.24, 2.45) is 0 Å². The van der Waals surface area contributed by atoms with Crippen LogP contribution in [0.4, 0.5) is 0 Å². The van der Waals surface area contributed by atoms with Crippen molar-refractivity contribution < 1.29 is 18.3 Å². The third kappa shape index (κ3) is 1.94. The Bertz CT molecular complexity index is 622. The van der Waals surface area contributed by atoms with Gasteiger partial charge in [-0.1, -0.05) is 0 Å². The number of hydrogen-bond acceptors (Lipinski definition) is 5. The van der Waals surface area contributed by atoms with Crippen molar-refractivity contribution in [1.29, 1.82) is 0 Å². The van der Waals surface area contributed by atoms with Crippen LogP contribution in [0.15, 0.2) is 0 Å². The lowest BCUT2D eigenvalue weighted by Crippen LogP contribution is -2.28. The van der Waals surface area contributed by atoms with E-state index in [9.17, 15) is 18.3 Å². The second-order valence-electron chi connectivity index (χ2n) is 5.09. The number of carbonyl (C=O) groups is 1. The molecule has 8 heteroatoms. The zero-order valence-electron chi connectivity index (χ0n) is 10.3. The van der Waals surface area contributed by atoms with E-state index < -0.39 is 27.1 Å². The summed E-state index contributed by atoms with van der Waals surface area (Å²) in [5.41, 5.74) is 0. The van der Waals surface area contributed by atoms with Crippen LogP contribution in [0.1, 0.15) is 48.6 Å². The van der Waals surface area contributed by atoms with Crippen molar-refractivity contribution in [3.63, 3.8) is 0 Å². The molecule has 2 atom stereocenters. The molecule has 7 nitrogen and oxygen atoms in total. The van der Waals surface area contributed by atoms with E-state index in [-0.39, 0.29) is 5.75 Å². The van der Waals surface area contributed by atoms with Gasteiger partial charge in [0.2, 0.25) is 0 Å². The van der Waals surface area contributed by atoms with E-state index in [1.54, 1.807) is 4.57 Å². The molecule has 2 aliphatic heterocycles. The number of aromatic nitrogens is 3. The maximum Gasteiger partial charge on any atom is 0.326 e. The Kier molecular flexibility index (Phi) is 2.84. The maximum absolute atomic E-state index is 12.0. The fraction of sp³-hybridized carbons (Fsp3) is 0.727. The van der Waals surface area contributed by atoms with Crippen molar-refractivity contribution in [2.75, 3.05) is 5.75 Å². The van der Waals surface area contributed by atoms with Crippen molar-refractivity contribution in [1.82, 2.24) is 14.8 Å². The summed E-state index contributed by atoms with van der Waals surface area (Å²) in [7, 11) is -3.21. The van der Waals surface area contributed by atoms with Crippen molar-refractivity contribution in [3.05, 3.63) is 11.6 Å². The molecular weight excluding hydrogens is 270 g/mol. The van der Waals surface area contributed by atoms with E-state index in [1.807, 2.05) is 0 Å². The quantitative estimate of drug-likeness (QED) is 0.848. The number of hydrogen-bond donors (Lipinski definition) is 1. The first-order valence-electron chi connectivity index (χ1n) is 6.39. The molecule has 1 aromatic rings. The lowest BCUT2D eigenvalue weighted by molar-refractivity contribution is -0.141. The molecule has 0 amide bonds. The lowest BCUT2D eigenvalue weighted by atomic mass is 10.0. The molecule has 0 aliphatic carbocycles. The average Bonchev–Trinajstić information content (AvgIpc) is 2.91.